The summed E-state index contributed by atoms with van der Waals surface area (Å²) in [5, 5.41) is 11.2. The zero-order valence-electron chi connectivity index (χ0n) is 14.1. The highest BCUT2D eigenvalue weighted by molar-refractivity contribution is 6.36. The predicted molar refractivity (Wildman–Crippen MR) is 104 cm³/mol. The van der Waals surface area contributed by atoms with Crippen molar-refractivity contribution < 1.29 is 9.90 Å². The number of aryl methyl sites for hydroxylation is 1. The van der Waals surface area contributed by atoms with E-state index in [2.05, 4.69) is 6.58 Å². The van der Waals surface area contributed by atoms with Gasteiger partial charge in [0.15, 0.2) is 0 Å². The van der Waals surface area contributed by atoms with Crippen LogP contribution < -0.4 is 10.5 Å². The molecule has 0 saturated carbocycles. The predicted octanol–water partition coefficient (Wildman–Crippen LogP) is 3.73. The summed E-state index contributed by atoms with van der Waals surface area (Å²) < 4.78 is 1.31. The molecule has 3 rings (SSSR count). The molecule has 6 heteroatoms. The van der Waals surface area contributed by atoms with E-state index in [0.717, 1.165) is 0 Å². The maximum atomic E-state index is 13.1. The first-order valence-electron chi connectivity index (χ1n) is 7.95. The number of aromatic nitrogens is 1. The summed E-state index contributed by atoms with van der Waals surface area (Å²) in [5.41, 5.74) is 0.135. The van der Waals surface area contributed by atoms with Crippen molar-refractivity contribution in [2.24, 2.45) is 7.05 Å². The summed E-state index contributed by atoms with van der Waals surface area (Å²) >= 11 is 6.20. The first kappa shape index (κ1) is 17.8. The van der Waals surface area contributed by atoms with Crippen molar-refractivity contribution in [3.05, 3.63) is 82.1 Å². The van der Waals surface area contributed by atoms with Gasteiger partial charge in [-0.05, 0) is 24.3 Å². The van der Waals surface area contributed by atoms with Gasteiger partial charge in [0.05, 0.1) is 15.9 Å². The van der Waals surface area contributed by atoms with Gasteiger partial charge in [0, 0.05) is 19.3 Å². The lowest BCUT2D eigenvalue weighted by Gasteiger charge is -2.22. The number of para-hydroxylation sites is 1. The van der Waals surface area contributed by atoms with Gasteiger partial charge < -0.3 is 14.6 Å². The molecule has 3 aromatic rings. The average Bonchev–Trinajstić information content (AvgIpc) is 2.64. The minimum atomic E-state index is -0.615. The molecule has 0 aliphatic rings. The van der Waals surface area contributed by atoms with Crippen LogP contribution in [0.25, 0.3) is 10.9 Å². The minimum Gasteiger partial charge on any atom is -0.506 e. The Kier molecular flexibility index (Phi) is 4.82. The second kappa shape index (κ2) is 7.06. The third-order valence-electron chi connectivity index (χ3n) is 4.18. The lowest BCUT2D eigenvalue weighted by molar-refractivity contribution is 0.0985. The van der Waals surface area contributed by atoms with Gasteiger partial charge in [-0.2, -0.15) is 0 Å². The summed E-state index contributed by atoms with van der Waals surface area (Å²) in [6.45, 7) is 3.85. The Hall–Kier alpha value is -3.05. The summed E-state index contributed by atoms with van der Waals surface area (Å²) in [6, 6.07) is 13.8. The highest BCUT2D eigenvalue weighted by Gasteiger charge is 2.26. The van der Waals surface area contributed by atoms with E-state index in [1.54, 1.807) is 48.5 Å². The van der Waals surface area contributed by atoms with Gasteiger partial charge in [-0.3, -0.25) is 9.59 Å². The topological polar surface area (TPSA) is 62.5 Å². The molecule has 5 nitrogen and oxygen atoms in total. The molecule has 2 aromatic carbocycles. The fourth-order valence-corrected chi connectivity index (χ4v) is 3.16. The number of anilines is 1. The van der Waals surface area contributed by atoms with Gasteiger partial charge in [-0.1, -0.05) is 41.9 Å². The summed E-state index contributed by atoms with van der Waals surface area (Å²) in [5.74, 6) is -1.03. The molecule has 0 saturated heterocycles. The van der Waals surface area contributed by atoms with Crippen molar-refractivity contribution in [2.45, 2.75) is 0 Å². The van der Waals surface area contributed by atoms with Gasteiger partial charge >= 0.3 is 0 Å². The van der Waals surface area contributed by atoms with Crippen molar-refractivity contribution in [2.75, 3.05) is 11.4 Å². The van der Waals surface area contributed by atoms with Crippen LogP contribution in [0.4, 0.5) is 5.69 Å². The lowest BCUT2D eigenvalue weighted by Crippen LogP contribution is -2.36. The zero-order chi connectivity index (χ0) is 18.8. The van der Waals surface area contributed by atoms with E-state index >= 15 is 0 Å². The van der Waals surface area contributed by atoms with Gasteiger partial charge in [-0.15, -0.1) is 6.58 Å². The maximum Gasteiger partial charge on any atom is 0.268 e. The normalized spacial score (nSPS) is 10.7. The number of carbonyl (C=O) groups is 1. The van der Waals surface area contributed by atoms with E-state index < -0.39 is 17.2 Å². The van der Waals surface area contributed by atoms with Crippen LogP contribution in [0.5, 0.6) is 5.75 Å². The molecule has 1 heterocycles. The molecule has 0 aliphatic heterocycles. The number of fused-ring (bicyclic) bond motifs is 1. The molecule has 0 atom stereocenters. The molecule has 0 aliphatic carbocycles. The van der Waals surface area contributed by atoms with Crippen molar-refractivity contribution in [1.29, 1.82) is 0 Å². The van der Waals surface area contributed by atoms with Crippen LogP contribution in [0.1, 0.15) is 10.4 Å². The van der Waals surface area contributed by atoms with Gasteiger partial charge in [0.2, 0.25) is 0 Å². The second-order valence-electron chi connectivity index (χ2n) is 5.76. The number of nitrogens with zero attached hydrogens (tertiary/aromatic N) is 2. The quantitative estimate of drug-likeness (QED) is 0.714. The molecule has 0 unspecified atom stereocenters. The number of aromatic hydroxyl groups is 1. The molecule has 0 radical (unpaired) electrons. The molecule has 1 aromatic heterocycles. The Bertz CT molecular complexity index is 1060. The summed E-state index contributed by atoms with van der Waals surface area (Å²) in [7, 11) is 1.54. The highest BCUT2D eigenvalue weighted by Crippen LogP contribution is 2.33. The molecule has 26 heavy (non-hydrogen) atoms. The Labute approximate surface area is 155 Å². The fourth-order valence-electron chi connectivity index (χ4n) is 2.90. The van der Waals surface area contributed by atoms with Crippen LogP contribution in [0, 0.1) is 0 Å². The van der Waals surface area contributed by atoms with E-state index in [1.165, 1.54) is 16.5 Å². The third kappa shape index (κ3) is 2.86. The Balaban J connectivity index is 2.27. The number of hydrogen-bond donors (Lipinski definition) is 1. The monoisotopic (exact) mass is 368 g/mol. The molecule has 0 bridgehead atoms. The van der Waals surface area contributed by atoms with Gasteiger partial charge in [0.1, 0.15) is 11.3 Å². The van der Waals surface area contributed by atoms with E-state index in [4.69, 9.17) is 11.6 Å². The maximum absolute atomic E-state index is 13.1. The summed E-state index contributed by atoms with van der Waals surface area (Å²) in [6.07, 6.45) is 1.56. The van der Waals surface area contributed by atoms with Crippen LogP contribution in [0.3, 0.4) is 0 Å². The van der Waals surface area contributed by atoms with Crippen molar-refractivity contribution in [3.63, 3.8) is 0 Å². The van der Waals surface area contributed by atoms with Crippen LogP contribution in [0.15, 0.2) is 66.0 Å². The molecular formula is C20H17ClN2O3. The number of rotatable bonds is 4. The Morgan fingerprint density at radius 1 is 1.23 bits per heavy atom. The van der Waals surface area contributed by atoms with E-state index in [1.807, 2.05) is 6.07 Å². The minimum absolute atomic E-state index is 0.187. The molecule has 132 valence electrons. The van der Waals surface area contributed by atoms with Crippen molar-refractivity contribution in [1.82, 2.24) is 4.57 Å². The molecular weight excluding hydrogens is 352 g/mol. The molecule has 1 N–H and O–H groups in total. The summed E-state index contributed by atoms with van der Waals surface area (Å²) in [4.78, 5) is 27.3. The van der Waals surface area contributed by atoms with E-state index in [0.29, 0.717) is 11.2 Å². The number of benzene rings is 2. The van der Waals surface area contributed by atoms with Gasteiger partial charge in [-0.25, -0.2) is 0 Å². The van der Waals surface area contributed by atoms with E-state index in [-0.39, 0.29) is 22.5 Å². The average molecular weight is 369 g/mol. The Morgan fingerprint density at radius 3 is 2.58 bits per heavy atom. The molecule has 0 fully saturated rings. The standard InChI is InChI=1S/C20H17ClN2O3/c1-3-12-23(13-8-5-4-6-9-13)20(26)17-18(24)16-14(21)10-7-11-15(16)22(2)19(17)25/h3-11,24H,1,12H2,2H3. The van der Waals surface area contributed by atoms with Crippen molar-refractivity contribution >= 4 is 34.1 Å². The fraction of sp³-hybridized carbons (Fsp3) is 0.100. The van der Waals surface area contributed by atoms with Crippen LogP contribution in [-0.4, -0.2) is 22.1 Å². The molecule has 1 amide bonds. The lowest BCUT2D eigenvalue weighted by atomic mass is 10.1. The number of hydrogen-bond acceptors (Lipinski definition) is 3. The number of halogens is 1. The smallest absolute Gasteiger partial charge is 0.268 e. The highest BCUT2D eigenvalue weighted by atomic mass is 35.5. The first-order valence-corrected chi connectivity index (χ1v) is 8.33. The first-order chi connectivity index (χ1) is 12.5. The van der Waals surface area contributed by atoms with Crippen LogP contribution >= 0.6 is 11.6 Å². The number of amides is 1. The van der Waals surface area contributed by atoms with E-state index in [9.17, 15) is 14.7 Å². The van der Waals surface area contributed by atoms with Gasteiger partial charge in [0.25, 0.3) is 11.5 Å². The van der Waals surface area contributed by atoms with Crippen molar-refractivity contribution in [3.8, 4) is 5.75 Å². The van der Waals surface area contributed by atoms with Crippen LogP contribution in [-0.2, 0) is 7.05 Å². The number of pyridine rings is 1. The number of carbonyl (C=O) groups excluding carboxylic acids is 1. The van der Waals surface area contributed by atoms with Crippen LogP contribution in [0.2, 0.25) is 5.02 Å². The largest absolute Gasteiger partial charge is 0.506 e. The third-order valence-corrected chi connectivity index (χ3v) is 4.50. The Morgan fingerprint density at radius 2 is 1.92 bits per heavy atom. The SMILES string of the molecule is C=CCN(C(=O)c1c(O)c2c(Cl)cccc2n(C)c1=O)c1ccccc1. The molecule has 0 spiro atoms. The second-order valence-corrected chi connectivity index (χ2v) is 6.17. The zero-order valence-corrected chi connectivity index (χ0v) is 14.9.